The van der Waals surface area contributed by atoms with Gasteiger partial charge in [0.2, 0.25) is 0 Å². The average molecular weight is 515 g/mol. The summed E-state index contributed by atoms with van der Waals surface area (Å²) < 4.78 is 25.3. The lowest BCUT2D eigenvalue weighted by molar-refractivity contribution is 0.247. The Balaban J connectivity index is 0.00000272. The Labute approximate surface area is 195 Å². The van der Waals surface area contributed by atoms with Crippen molar-refractivity contribution in [1.82, 2.24) is 16.0 Å². The molecule has 0 bridgehead atoms. The smallest absolute Gasteiger partial charge is 0.315 e. The van der Waals surface area contributed by atoms with Crippen LogP contribution in [0.25, 0.3) is 0 Å². The molecule has 4 rings (SSSR count). The molecule has 0 radical (unpaired) electrons. The molecule has 1 saturated carbocycles. The van der Waals surface area contributed by atoms with Crippen molar-refractivity contribution in [2.45, 2.75) is 50.5 Å². The Morgan fingerprint density at radius 3 is 2.61 bits per heavy atom. The van der Waals surface area contributed by atoms with Gasteiger partial charge in [-0.3, -0.25) is 0 Å². The fourth-order valence-electron chi connectivity index (χ4n) is 4.08. The number of nitrogens with one attached hydrogen (secondary N) is 3. The van der Waals surface area contributed by atoms with E-state index in [1.807, 2.05) is 12.1 Å². The first kappa shape index (κ1) is 23.6. The summed E-state index contributed by atoms with van der Waals surface area (Å²) in [6, 6.07) is 11.0. The molecule has 6 nitrogen and oxygen atoms in total. The molecule has 2 aromatic rings. The number of carbonyl (C=O) groups excluding carboxylic acids is 1. The van der Waals surface area contributed by atoms with Gasteiger partial charge in [-0.1, -0.05) is 12.1 Å². The van der Waals surface area contributed by atoms with Crippen molar-refractivity contribution in [3.8, 4) is 11.5 Å². The summed E-state index contributed by atoms with van der Waals surface area (Å²) in [6.45, 7) is 1.01. The molecule has 3 unspecified atom stereocenters. The van der Waals surface area contributed by atoms with Crippen molar-refractivity contribution >= 4 is 34.4 Å². The average Bonchev–Trinajstić information content (AvgIpc) is 3.11. The van der Waals surface area contributed by atoms with Crippen LogP contribution < -0.4 is 25.4 Å². The van der Waals surface area contributed by atoms with Gasteiger partial charge in [0.25, 0.3) is 0 Å². The van der Waals surface area contributed by atoms with Crippen LogP contribution in [0.3, 0.4) is 0 Å². The first-order valence-corrected chi connectivity index (χ1v) is 10.8. The minimum absolute atomic E-state index is 0. The highest BCUT2D eigenvalue weighted by atomic mass is 79.9. The zero-order valence-electron chi connectivity index (χ0n) is 17.1. The maximum absolute atomic E-state index is 13.1. The number of ether oxygens (including phenoxy) is 2. The van der Waals surface area contributed by atoms with Gasteiger partial charge in [0.1, 0.15) is 12.4 Å². The summed E-state index contributed by atoms with van der Waals surface area (Å²) in [4.78, 5) is 11.5. The highest BCUT2D eigenvalue weighted by Crippen LogP contribution is 2.37. The molecular weight excluding hydrogens is 489 g/mol. The minimum Gasteiger partial charge on any atom is -0.493 e. The lowest BCUT2D eigenvalue weighted by atomic mass is 9.88. The quantitative estimate of drug-likeness (QED) is 0.516. The number of amides is 2. The summed E-state index contributed by atoms with van der Waals surface area (Å²) in [6.07, 6.45) is 2.92. The van der Waals surface area contributed by atoms with E-state index in [2.05, 4.69) is 31.9 Å². The molecule has 9 heteroatoms. The van der Waals surface area contributed by atoms with Crippen molar-refractivity contribution in [2.24, 2.45) is 0 Å². The number of methoxy groups -OCH3 is 1. The van der Waals surface area contributed by atoms with Gasteiger partial charge in [-0.2, -0.15) is 0 Å². The minimum atomic E-state index is -0.269. The standard InChI is InChI=1S/C22H25BrFN3O3.ClH/c1-29-20-9-14(11-25-16-6-7-18-19(10-16)27-22(28)26-18)8-17(23)21(20)30-12-13-2-4-15(24)5-3-13;/h2-5,8-9,16,18-19,25H,6-7,10-12H2,1H3,(H2,26,27,28);1H. The number of hydrogen-bond donors (Lipinski definition) is 3. The van der Waals surface area contributed by atoms with E-state index in [1.165, 1.54) is 12.1 Å². The van der Waals surface area contributed by atoms with Crippen LogP contribution in [-0.2, 0) is 13.2 Å². The monoisotopic (exact) mass is 513 g/mol. The van der Waals surface area contributed by atoms with Crippen molar-refractivity contribution < 1.29 is 18.7 Å². The largest absolute Gasteiger partial charge is 0.493 e. The number of rotatable bonds is 7. The van der Waals surface area contributed by atoms with Gasteiger partial charge in [-0.05, 0) is 70.6 Å². The molecule has 0 spiro atoms. The highest BCUT2D eigenvalue weighted by molar-refractivity contribution is 9.10. The van der Waals surface area contributed by atoms with Crippen molar-refractivity contribution in [3.05, 3.63) is 57.8 Å². The van der Waals surface area contributed by atoms with Gasteiger partial charge in [-0.25, -0.2) is 9.18 Å². The first-order valence-electron chi connectivity index (χ1n) is 10.1. The molecule has 2 aromatic carbocycles. The van der Waals surface area contributed by atoms with Gasteiger partial charge in [0.15, 0.2) is 11.5 Å². The first-order chi connectivity index (χ1) is 14.5. The summed E-state index contributed by atoms with van der Waals surface area (Å²) in [7, 11) is 1.61. The number of carbonyl (C=O) groups is 1. The fraction of sp³-hybridized carbons (Fsp3) is 0.409. The van der Waals surface area contributed by atoms with Gasteiger partial charge in [0, 0.05) is 12.6 Å². The van der Waals surface area contributed by atoms with Crippen LogP contribution in [-0.4, -0.2) is 31.3 Å². The van der Waals surface area contributed by atoms with Crippen LogP contribution in [0.15, 0.2) is 40.9 Å². The topological polar surface area (TPSA) is 71.6 Å². The second-order valence-corrected chi connectivity index (χ2v) is 8.60. The maximum atomic E-state index is 13.1. The van der Waals surface area contributed by atoms with Crippen LogP contribution in [0.1, 0.15) is 30.4 Å². The summed E-state index contributed by atoms with van der Waals surface area (Å²) in [5.41, 5.74) is 1.95. The molecule has 2 aliphatic rings. The Hall–Kier alpha value is -2.03. The number of urea groups is 1. The Morgan fingerprint density at radius 2 is 1.87 bits per heavy atom. The van der Waals surface area contributed by atoms with E-state index in [9.17, 15) is 9.18 Å². The predicted octanol–water partition coefficient (Wildman–Crippen LogP) is 4.29. The molecule has 2 fully saturated rings. The van der Waals surface area contributed by atoms with Crippen LogP contribution in [0.4, 0.5) is 9.18 Å². The third kappa shape index (κ3) is 5.81. The normalized spacial score (nSPS) is 22.0. The second kappa shape index (κ2) is 10.5. The van der Waals surface area contributed by atoms with E-state index in [4.69, 9.17) is 9.47 Å². The summed E-state index contributed by atoms with van der Waals surface area (Å²) in [5.74, 6) is 0.986. The molecular formula is C22H26BrClFN3O3. The van der Waals surface area contributed by atoms with E-state index in [1.54, 1.807) is 19.2 Å². The molecule has 1 aliphatic carbocycles. The molecule has 3 atom stereocenters. The highest BCUT2D eigenvalue weighted by Gasteiger charge is 2.36. The molecule has 3 N–H and O–H groups in total. The van der Waals surface area contributed by atoms with E-state index < -0.39 is 0 Å². The van der Waals surface area contributed by atoms with Crippen LogP contribution in [0.5, 0.6) is 11.5 Å². The molecule has 1 heterocycles. The molecule has 1 aliphatic heterocycles. The van der Waals surface area contributed by atoms with E-state index in [0.717, 1.165) is 34.9 Å². The maximum Gasteiger partial charge on any atom is 0.315 e. The molecule has 168 valence electrons. The van der Waals surface area contributed by atoms with Gasteiger partial charge in [-0.15, -0.1) is 12.4 Å². The second-order valence-electron chi connectivity index (χ2n) is 7.75. The van der Waals surface area contributed by atoms with Crippen molar-refractivity contribution in [1.29, 1.82) is 0 Å². The Bertz CT molecular complexity index is 916. The summed E-state index contributed by atoms with van der Waals surface area (Å²) in [5, 5.41) is 9.56. The van der Waals surface area contributed by atoms with E-state index >= 15 is 0 Å². The van der Waals surface area contributed by atoms with Crippen molar-refractivity contribution in [3.63, 3.8) is 0 Å². The number of fused-ring (bicyclic) bond motifs is 1. The Morgan fingerprint density at radius 1 is 1.13 bits per heavy atom. The zero-order chi connectivity index (χ0) is 21.1. The SMILES string of the molecule is COc1cc(CNC2CCC3NC(=O)NC3C2)cc(Br)c1OCc1ccc(F)cc1.Cl. The molecule has 31 heavy (non-hydrogen) atoms. The lowest BCUT2D eigenvalue weighted by Gasteiger charge is -2.31. The van der Waals surface area contributed by atoms with Gasteiger partial charge in [0.05, 0.1) is 23.7 Å². The molecule has 2 amide bonds. The predicted molar refractivity (Wildman–Crippen MR) is 122 cm³/mol. The van der Waals surface area contributed by atoms with Crippen LogP contribution in [0.2, 0.25) is 0 Å². The zero-order valence-corrected chi connectivity index (χ0v) is 19.5. The summed E-state index contributed by atoms with van der Waals surface area (Å²) >= 11 is 3.58. The van der Waals surface area contributed by atoms with E-state index in [-0.39, 0.29) is 36.3 Å². The van der Waals surface area contributed by atoms with Gasteiger partial charge >= 0.3 is 6.03 Å². The molecule has 0 aromatic heterocycles. The third-order valence-corrected chi connectivity index (χ3v) is 6.25. The third-order valence-electron chi connectivity index (χ3n) is 5.66. The number of hydrogen-bond acceptors (Lipinski definition) is 4. The fourth-order valence-corrected chi connectivity index (χ4v) is 4.68. The van der Waals surface area contributed by atoms with E-state index in [0.29, 0.717) is 30.7 Å². The van der Waals surface area contributed by atoms with Crippen LogP contribution >= 0.6 is 28.3 Å². The molecule has 1 saturated heterocycles. The number of benzene rings is 2. The van der Waals surface area contributed by atoms with Gasteiger partial charge < -0.3 is 25.4 Å². The van der Waals surface area contributed by atoms with Crippen molar-refractivity contribution in [2.75, 3.05) is 7.11 Å². The lowest BCUT2D eigenvalue weighted by Crippen LogP contribution is -2.46. The van der Waals surface area contributed by atoms with Crippen LogP contribution in [0, 0.1) is 5.82 Å². The Kier molecular flexibility index (Phi) is 8.02. The number of halogens is 3.